The third-order valence-electron chi connectivity index (χ3n) is 5.74. The van der Waals surface area contributed by atoms with Gasteiger partial charge in [0.25, 0.3) is 15.2 Å². The van der Waals surface area contributed by atoms with Crippen molar-refractivity contribution in [2.24, 2.45) is 0 Å². The topological polar surface area (TPSA) is 127 Å². The molecule has 3 aromatic carbocycles. The minimum Gasteiger partial charge on any atom is -0.411 e. The van der Waals surface area contributed by atoms with Crippen LogP contribution in [0.1, 0.15) is 0 Å². The van der Waals surface area contributed by atoms with E-state index in [-0.39, 0.29) is 21.8 Å². The Morgan fingerprint density at radius 2 is 1.69 bits per heavy atom. The molecule has 5 rings (SSSR count). The molecule has 2 heterocycles. The SMILES string of the molecule is O=C(CSc1nnc(-c2ccccc2)o1)Nc1ccc(N2CCOCC2)c(S(=O)(=O)Nc2ccc(Cl)cc2)c1. The number of halogens is 1. The molecule has 0 radical (unpaired) electrons. The Labute approximate surface area is 234 Å². The summed E-state index contributed by atoms with van der Waals surface area (Å²) < 4.78 is 40.6. The largest absolute Gasteiger partial charge is 0.411 e. The van der Waals surface area contributed by atoms with Gasteiger partial charge in [0, 0.05) is 35.1 Å². The van der Waals surface area contributed by atoms with Crippen molar-refractivity contribution in [1.29, 1.82) is 0 Å². The maximum Gasteiger partial charge on any atom is 0.277 e. The zero-order chi connectivity index (χ0) is 27.2. The molecule has 10 nitrogen and oxygen atoms in total. The van der Waals surface area contributed by atoms with Crippen LogP contribution in [0.2, 0.25) is 5.02 Å². The number of nitrogens with one attached hydrogen (secondary N) is 2. The van der Waals surface area contributed by atoms with Crippen molar-refractivity contribution in [3.63, 3.8) is 0 Å². The number of thioether (sulfide) groups is 1. The molecule has 2 N–H and O–H groups in total. The lowest BCUT2D eigenvalue weighted by Gasteiger charge is -2.30. The molecular weight excluding hydrogens is 562 g/mol. The Morgan fingerprint density at radius 3 is 2.44 bits per heavy atom. The molecule has 0 aliphatic carbocycles. The molecule has 1 amide bonds. The normalized spacial score (nSPS) is 13.7. The second kappa shape index (κ2) is 12.1. The highest BCUT2D eigenvalue weighted by Gasteiger charge is 2.25. The van der Waals surface area contributed by atoms with Gasteiger partial charge in [0.2, 0.25) is 11.8 Å². The Morgan fingerprint density at radius 1 is 0.974 bits per heavy atom. The second-order valence-electron chi connectivity index (χ2n) is 8.47. The fraction of sp³-hybridized carbons (Fsp3) is 0.192. The first-order chi connectivity index (χ1) is 18.9. The molecule has 1 saturated heterocycles. The van der Waals surface area contributed by atoms with Gasteiger partial charge in [0.1, 0.15) is 4.90 Å². The van der Waals surface area contributed by atoms with Gasteiger partial charge in [-0.15, -0.1) is 10.2 Å². The van der Waals surface area contributed by atoms with Gasteiger partial charge in [-0.05, 0) is 54.6 Å². The molecule has 0 bridgehead atoms. The number of benzene rings is 3. The highest BCUT2D eigenvalue weighted by molar-refractivity contribution is 7.99. The van der Waals surface area contributed by atoms with E-state index in [4.69, 9.17) is 20.8 Å². The molecule has 39 heavy (non-hydrogen) atoms. The summed E-state index contributed by atoms with van der Waals surface area (Å²) in [6.45, 7) is 2.06. The number of carbonyl (C=O) groups excluding carboxylic acids is 1. The quantitative estimate of drug-likeness (QED) is 0.267. The minimum absolute atomic E-state index is 0.00720. The lowest BCUT2D eigenvalue weighted by atomic mass is 10.2. The number of sulfonamides is 1. The number of aromatic nitrogens is 2. The van der Waals surface area contributed by atoms with Gasteiger partial charge in [-0.25, -0.2) is 8.42 Å². The van der Waals surface area contributed by atoms with Crippen LogP contribution >= 0.6 is 23.4 Å². The number of nitrogens with zero attached hydrogens (tertiary/aromatic N) is 3. The first-order valence-electron chi connectivity index (χ1n) is 11.9. The zero-order valence-electron chi connectivity index (χ0n) is 20.5. The van der Waals surface area contributed by atoms with E-state index in [2.05, 4.69) is 20.2 Å². The molecule has 4 aromatic rings. The molecule has 1 fully saturated rings. The number of carbonyl (C=O) groups is 1. The number of anilines is 3. The molecule has 202 valence electrons. The van der Waals surface area contributed by atoms with Gasteiger partial charge in [0.05, 0.1) is 24.7 Å². The summed E-state index contributed by atoms with van der Waals surface area (Å²) in [7, 11) is -4.01. The minimum atomic E-state index is -4.01. The lowest BCUT2D eigenvalue weighted by molar-refractivity contribution is -0.113. The van der Waals surface area contributed by atoms with Crippen LogP contribution in [-0.4, -0.2) is 56.6 Å². The Hall–Kier alpha value is -3.58. The maximum absolute atomic E-state index is 13.5. The van der Waals surface area contributed by atoms with E-state index < -0.39 is 10.0 Å². The van der Waals surface area contributed by atoms with Crippen LogP contribution in [0.3, 0.4) is 0 Å². The maximum atomic E-state index is 13.5. The molecule has 1 aliphatic rings. The summed E-state index contributed by atoms with van der Waals surface area (Å²) in [4.78, 5) is 14.7. The summed E-state index contributed by atoms with van der Waals surface area (Å²) in [5, 5.41) is 11.5. The van der Waals surface area contributed by atoms with Crippen LogP contribution in [0.5, 0.6) is 0 Å². The van der Waals surface area contributed by atoms with Crippen molar-refractivity contribution < 1.29 is 22.4 Å². The first kappa shape index (κ1) is 27.0. The van der Waals surface area contributed by atoms with Gasteiger partial charge in [-0.1, -0.05) is 41.6 Å². The van der Waals surface area contributed by atoms with Gasteiger partial charge < -0.3 is 19.4 Å². The average molecular weight is 586 g/mol. The molecule has 0 atom stereocenters. The summed E-state index contributed by atoms with van der Waals surface area (Å²) in [5.74, 6) is 0.0000608. The number of rotatable bonds is 9. The number of hydrogen-bond acceptors (Lipinski definition) is 9. The lowest BCUT2D eigenvalue weighted by Crippen LogP contribution is -2.37. The summed E-state index contributed by atoms with van der Waals surface area (Å²) in [6, 6.07) is 20.5. The van der Waals surface area contributed by atoms with Crippen LogP contribution in [0.15, 0.2) is 87.3 Å². The molecular formula is C26H24ClN5O5S2. The summed E-state index contributed by atoms with van der Waals surface area (Å²) in [5.41, 5.74) is 2.01. The summed E-state index contributed by atoms with van der Waals surface area (Å²) >= 11 is 7.03. The standard InChI is InChI=1S/C26H24ClN5O5S2/c27-19-6-8-20(9-7-19)31-39(34,35)23-16-21(10-11-22(23)32-12-14-36-15-13-32)28-24(33)17-38-26-30-29-25(37-26)18-4-2-1-3-5-18/h1-11,16,31H,12-15,17H2,(H,28,33). The third-order valence-corrected chi connectivity index (χ3v) is 8.22. The third kappa shape index (κ3) is 6.90. The Bertz CT molecular complexity index is 1540. The van der Waals surface area contributed by atoms with E-state index >= 15 is 0 Å². The Balaban J connectivity index is 1.31. The van der Waals surface area contributed by atoms with Gasteiger partial charge in [-0.3, -0.25) is 9.52 Å². The van der Waals surface area contributed by atoms with Crippen molar-refractivity contribution in [2.45, 2.75) is 10.1 Å². The van der Waals surface area contributed by atoms with Crippen molar-refractivity contribution in [1.82, 2.24) is 10.2 Å². The van der Waals surface area contributed by atoms with Gasteiger partial charge >= 0.3 is 0 Å². The highest BCUT2D eigenvalue weighted by atomic mass is 35.5. The van der Waals surface area contributed by atoms with Crippen molar-refractivity contribution >= 4 is 56.4 Å². The van der Waals surface area contributed by atoms with Crippen LogP contribution in [0.4, 0.5) is 17.1 Å². The van der Waals surface area contributed by atoms with Crippen LogP contribution in [0.25, 0.3) is 11.5 Å². The molecule has 1 aliphatic heterocycles. The fourth-order valence-corrected chi connectivity index (χ4v) is 5.89. The fourth-order valence-electron chi connectivity index (χ4n) is 3.89. The predicted octanol–water partition coefficient (Wildman–Crippen LogP) is 4.76. The van der Waals surface area contributed by atoms with E-state index in [1.165, 1.54) is 6.07 Å². The smallest absolute Gasteiger partial charge is 0.277 e. The average Bonchev–Trinajstić information content (AvgIpc) is 3.43. The van der Waals surface area contributed by atoms with Crippen molar-refractivity contribution in [2.75, 3.05) is 47.0 Å². The molecule has 0 unspecified atom stereocenters. The summed E-state index contributed by atoms with van der Waals surface area (Å²) in [6.07, 6.45) is 0. The monoisotopic (exact) mass is 585 g/mol. The second-order valence-corrected chi connectivity index (χ2v) is 11.5. The van der Waals surface area contributed by atoms with E-state index in [1.807, 2.05) is 35.2 Å². The molecule has 0 saturated carbocycles. The molecule has 1 aromatic heterocycles. The van der Waals surface area contributed by atoms with Crippen LogP contribution < -0.4 is 14.9 Å². The highest BCUT2D eigenvalue weighted by Crippen LogP contribution is 2.31. The van der Waals surface area contributed by atoms with Gasteiger partial charge in [0.15, 0.2) is 0 Å². The first-order valence-corrected chi connectivity index (χ1v) is 14.8. The number of hydrogen-bond donors (Lipinski definition) is 2. The van der Waals surface area contributed by atoms with Crippen LogP contribution in [-0.2, 0) is 19.6 Å². The Kier molecular flexibility index (Phi) is 8.36. The van der Waals surface area contributed by atoms with E-state index in [1.54, 1.807) is 36.4 Å². The van der Waals surface area contributed by atoms with E-state index in [9.17, 15) is 13.2 Å². The number of morpholine rings is 1. The predicted molar refractivity (Wildman–Crippen MR) is 151 cm³/mol. The van der Waals surface area contributed by atoms with E-state index in [0.29, 0.717) is 54.3 Å². The van der Waals surface area contributed by atoms with Crippen molar-refractivity contribution in [3.05, 3.63) is 77.8 Å². The zero-order valence-corrected chi connectivity index (χ0v) is 22.9. The number of amides is 1. The van der Waals surface area contributed by atoms with E-state index in [0.717, 1.165) is 17.3 Å². The molecule has 13 heteroatoms. The van der Waals surface area contributed by atoms with Crippen molar-refractivity contribution in [3.8, 4) is 11.5 Å². The number of ether oxygens (including phenoxy) is 1. The molecule has 0 spiro atoms. The van der Waals surface area contributed by atoms with Crippen LogP contribution in [0, 0.1) is 0 Å². The van der Waals surface area contributed by atoms with Gasteiger partial charge in [-0.2, -0.15) is 0 Å².